The highest BCUT2D eigenvalue weighted by atomic mass is 15.6. The van der Waals surface area contributed by atoms with Crippen molar-refractivity contribution in [3.05, 3.63) is 5.82 Å². The van der Waals surface area contributed by atoms with E-state index in [1.165, 1.54) is 25.7 Å². The summed E-state index contributed by atoms with van der Waals surface area (Å²) >= 11 is 0. The molecule has 1 fully saturated rings. The predicted octanol–water partition coefficient (Wildman–Crippen LogP) is 0.322. The molecule has 13 heavy (non-hydrogen) atoms. The summed E-state index contributed by atoms with van der Waals surface area (Å²) in [7, 11) is 0. The molecule has 5 heteroatoms. The Morgan fingerprint density at radius 2 is 2.15 bits per heavy atom. The van der Waals surface area contributed by atoms with Crippen LogP contribution in [0.4, 0.5) is 0 Å². The summed E-state index contributed by atoms with van der Waals surface area (Å²) in [5.41, 5.74) is 5.39. The molecule has 0 radical (unpaired) electrons. The molecule has 0 aromatic carbocycles. The number of hydrogen-bond acceptors (Lipinski definition) is 4. The minimum absolute atomic E-state index is 0.380. The van der Waals surface area contributed by atoms with Gasteiger partial charge in [0, 0.05) is 0 Å². The van der Waals surface area contributed by atoms with Crippen LogP contribution in [-0.2, 0) is 13.1 Å². The van der Waals surface area contributed by atoms with Crippen LogP contribution in [0.15, 0.2) is 0 Å². The molecule has 1 heterocycles. The molecule has 72 valence electrons. The van der Waals surface area contributed by atoms with Crippen molar-refractivity contribution < 1.29 is 0 Å². The number of aromatic nitrogens is 4. The molecular weight excluding hydrogens is 166 g/mol. The lowest BCUT2D eigenvalue weighted by molar-refractivity contribution is 0.388. The Labute approximate surface area is 77.3 Å². The third-order valence-corrected chi connectivity index (χ3v) is 2.57. The number of tetrazole rings is 1. The highest BCUT2D eigenvalue weighted by Crippen LogP contribution is 2.25. The van der Waals surface area contributed by atoms with E-state index >= 15 is 0 Å². The molecule has 2 N–H and O–H groups in total. The second-order valence-electron chi connectivity index (χ2n) is 3.62. The van der Waals surface area contributed by atoms with Crippen molar-refractivity contribution in [2.45, 2.75) is 38.8 Å². The molecule has 1 aliphatic rings. The molecule has 0 saturated heterocycles. The molecule has 0 amide bonds. The van der Waals surface area contributed by atoms with E-state index in [9.17, 15) is 0 Å². The van der Waals surface area contributed by atoms with Crippen LogP contribution in [0.3, 0.4) is 0 Å². The first kappa shape index (κ1) is 8.62. The topological polar surface area (TPSA) is 69.6 Å². The van der Waals surface area contributed by atoms with Crippen molar-refractivity contribution in [3.8, 4) is 0 Å². The highest BCUT2D eigenvalue weighted by molar-refractivity contribution is 4.74. The molecule has 0 spiro atoms. The van der Waals surface area contributed by atoms with Crippen LogP contribution in [0.25, 0.3) is 0 Å². The van der Waals surface area contributed by atoms with Gasteiger partial charge in [-0.2, -0.15) is 4.80 Å². The van der Waals surface area contributed by atoms with Gasteiger partial charge in [0.05, 0.1) is 13.1 Å². The number of nitrogens with two attached hydrogens (primary N) is 1. The normalized spacial score (nSPS) is 18.2. The van der Waals surface area contributed by atoms with Gasteiger partial charge in [0.15, 0.2) is 5.82 Å². The van der Waals surface area contributed by atoms with Gasteiger partial charge in [0.25, 0.3) is 0 Å². The van der Waals surface area contributed by atoms with Crippen LogP contribution in [-0.4, -0.2) is 20.2 Å². The maximum atomic E-state index is 5.39. The predicted molar refractivity (Wildman–Crippen MR) is 47.7 cm³/mol. The Bertz CT molecular complexity index is 263. The molecular formula is C8H15N5. The molecule has 1 aromatic heterocycles. The van der Waals surface area contributed by atoms with Gasteiger partial charge in [-0.05, 0) is 24.0 Å². The molecule has 0 aliphatic heterocycles. The van der Waals surface area contributed by atoms with E-state index in [-0.39, 0.29) is 0 Å². The fourth-order valence-electron chi connectivity index (χ4n) is 1.86. The van der Waals surface area contributed by atoms with Crippen LogP contribution in [0.1, 0.15) is 31.5 Å². The molecule has 2 rings (SSSR count). The zero-order valence-electron chi connectivity index (χ0n) is 7.69. The number of rotatable bonds is 3. The molecule has 1 aromatic rings. The van der Waals surface area contributed by atoms with Gasteiger partial charge >= 0.3 is 0 Å². The Balaban J connectivity index is 1.92. The molecule has 0 bridgehead atoms. The first-order chi connectivity index (χ1) is 6.38. The minimum Gasteiger partial charge on any atom is -0.324 e. The van der Waals surface area contributed by atoms with Gasteiger partial charge in [0.1, 0.15) is 0 Å². The van der Waals surface area contributed by atoms with E-state index in [2.05, 4.69) is 15.4 Å². The summed E-state index contributed by atoms with van der Waals surface area (Å²) in [5.74, 6) is 1.39. The fourth-order valence-corrected chi connectivity index (χ4v) is 1.86. The quantitative estimate of drug-likeness (QED) is 0.729. The SMILES string of the molecule is NCc1nnn(CC2CCCC2)n1. The summed E-state index contributed by atoms with van der Waals surface area (Å²) in [6.07, 6.45) is 5.31. The molecule has 0 unspecified atom stereocenters. The standard InChI is InChI=1S/C8H15N5/c9-5-8-10-12-13(11-8)6-7-3-1-2-4-7/h7H,1-6,9H2. The Morgan fingerprint density at radius 1 is 1.38 bits per heavy atom. The summed E-state index contributed by atoms with van der Waals surface area (Å²) < 4.78 is 0. The van der Waals surface area contributed by atoms with E-state index < -0.39 is 0 Å². The molecule has 0 atom stereocenters. The number of hydrogen-bond donors (Lipinski definition) is 1. The van der Waals surface area contributed by atoms with E-state index in [4.69, 9.17) is 5.73 Å². The lowest BCUT2D eigenvalue weighted by atomic mass is 10.1. The monoisotopic (exact) mass is 181 g/mol. The van der Waals surface area contributed by atoms with Crippen LogP contribution in [0.5, 0.6) is 0 Å². The summed E-state index contributed by atoms with van der Waals surface area (Å²) in [5, 5.41) is 11.9. The van der Waals surface area contributed by atoms with E-state index in [0.717, 1.165) is 12.5 Å². The molecule has 1 aliphatic carbocycles. The maximum absolute atomic E-state index is 5.39. The fraction of sp³-hybridized carbons (Fsp3) is 0.875. The summed E-state index contributed by atoms with van der Waals surface area (Å²) in [4.78, 5) is 1.68. The van der Waals surface area contributed by atoms with E-state index in [0.29, 0.717) is 12.4 Å². The van der Waals surface area contributed by atoms with Crippen LogP contribution >= 0.6 is 0 Å². The Hall–Kier alpha value is -0.970. The molecule has 5 nitrogen and oxygen atoms in total. The van der Waals surface area contributed by atoms with Crippen LogP contribution < -0.4 is 5.73 Å². The zero-order valence-corrected chi connectivity index (χ0v) is 7.69. The van der Waals surface area contributed by atoms with Crippen molar-refractivity contribution in [1.82, 2.24) is 20.2 Å². The second-order valence-corrected chi connectivity index (χ2v) is 3.62. The smallest absolute Gasteiger partial charge is 0.188 e. The van der Waals surface area contributed by atoms with Crippen LogP contribution in [0.2, 0.25) is 0 Å². The zero-order chi connectivity index (χ0) is 9.10. The lowest BCUT2D eigenvalue weighted by Crippen LogP contribution is -2.11. The van der Waals surface area contributed by atoms with Crippen molar-refractivity contribution in [2.75, 3.05) is 0 Å². The second kappa shape index (κ2) is 3.83. The Kier molecular flexibility index (Phi) is 2.54. The van der Waals surface area contributed by atoms with Crippen molar-refractivity contribution in [2.24, 2.45) is 11.7 Å². The Morgan fingerprint density at radius 3 is 2.77 bits per heavy atom. The van der Waals surface area contributed by atoms with Gasteiger partial charge in [-0.15, -0.1) is 10.2 Å². The van der Waals surface area contributed by atoms with Gasteiger partial charge < -0.3 is 5.73 Å². The third kappa shape index (κ3) is 2.03. The highest BCUT2D eigenvalue weighted by Gasteiger charge is 2.16. The summed E-state index contributed by atoms with van der Waals surface area (Å²) in [6.45, 7) is 1.29. The van der Waals surface area contributed by atoms with Crippen LogP contribution in [0, 0.1) is 5.92 Å². The average Bonchev–Trinajstić information content (AvgIpc) is 2.76. The van der Waals surface area contributed by atoms with Crippen molar-refractivity contribution >= 4 is 0 Å². The van der Waals surface area contributed by atoms with Gasteiger partial charge in [0.2, 0.25) is 0 Å². The van der Waals surface area contributed by atoms with Gasteiger partial charge in [-0.25, -0.2) is 0 Å². The van der Waals surface area contributed by atoms with Gasteiger partial charge in [-0.3, -0.25) is 0 Å². The van der Waals surface area contributed by atoms with Crippen molar-refractivity contribution in [3.63, 3.8) is 0 Å². The number of nitrogens with zero attached hydrogens (tertiary/aromatic N) is 4. The third-order valence-electron chi connectivity index (χ3n) is 2.57. The van der Waals surface area contributed by atoms with E-state index in [1.54, 1.807) is 4.80 Å². The summed E-state index contributed by atoms with van der Waals surface area (Å²) in [6, 6.07) is 0. The average molecular weight is 181 g/mol. The lowest BCUT2D eigenvalue weighted by Gasteiger charge is -2.05. The maximum Gasteiger partial charge on any atom is 0.188 e. The first-order valence-electron chi connectivity index (χ1n) is 4.85. The molecule has 1 saturated carbocycles. The van der Waals surface area contributed by atoms with Crippen molar-refractivity contribution in [1.29, 1.82) is 0 Å². The van der Waals surface area contributed by atoms with E-state index in [1.807, 2.05) is 0 Å². The minimum atomic E-state index is 0.380. The largest absolute Gasteiger partial charge is 0.324 e. The first-order valence-corrected chi connectivity index (χ1v) is 4.85. The van der Waals surface area contributed by atoms with Gasteiger partial charge in [-0.1, -0.05) is 12.8 Å².